The minimum absolute atomic E-state index is 0.0514. The van der Waals surface area contributed by atoms with Gasteiger partial charge in [-0.3, -0.25) is 9.69 Å². The fourth-order valence-corrected chi connectivity index (χ4v) is 4.12. The first-order chi connectivity index (χ1) is 14.1. The Morgan fingerprint density at radius 1 is 1.07 bits per heavy atom. The van der Waals surface area contributed by atoms with E-state index < -0.39 is 0 Å². The number of amides is 1. The normalized spacial score (nSPS) is 20.6. The molecule has 0 spiro atoms. The van der Waals surface area contributed by atoms with Crippen LogP contribution in [0.2, 0.25) is 0 Å². The second-order valence-electron chi connectivity index (χ2n) is 8.10. The molecule has 2 aliphatic rings. The molecule has 1 saturated heterocycles. The van der Waals surface area contributed by atoms with Crippen molar-refractivity contribution in [2.24, 2.45) is 11.0 Å². The van der Waals surface area contributed by atoms with Gasteiger partial charge in [-0.2, -0.15) is 5.10 Å². The molecule has 0 bridgehead atoms. The average molecular weight is 392 g/mol. The van der Waals surface area contributed by atoms with Gasteiger partial charge in [0.05, 0.1) is 25.4 Å². The fourth-order valence-electron chi connectivity index (χ4n) is 4.12. The summed E-state index contributed by atoms with van der Waals surface area (Å²) >= 11 is 0. The summed E-state index contributed by atoms with van der Waals surface area (Å²) in [4.78, 5) is 15.5. The van der Waals surface area contributed by atoms with E-state index in [0.29, 0.717) is 6.54 Å². The van der Waals surface area contributed by atoms with Crippen LogP contribution in [0.1, 0.15) is 43.4 Å². The highest BCUT2D eigenvalue weighted by Crippen LogP contribution is 2.33. The molecule has 2 aromatic rings. The molecule has 29 heavy (non-hydrogen) atoms. The number of carbonyl (C=O) groups is 1. The molecule has 0 aliphatic carbocycles. The Bertz CT molecular complexity index is 855. The highest BCUT2D eigenvalue weighted by molar-refractivity contribution is 6.03. The molecule has 1 amide bonds. The highest BCUT2D eigenvalue weighted by atomic mass is 16.5. The first-order valence-electron chi connectivity index (χ1n) is 10.5. The summed E-state index contributed by atoms with van der Waals surface area (Å²) in [6.45, 7) is 4.71. The van der Waals surface area contributed by atoms with Crippen LogP contribution in [-0.2, 0) is 4.79 Å². The summed E-state index contributed by atoms with van der Waals surface area (Å²) < 4.78 is 5.26. The number of hydrogen-bond acceptors (Lipinski definition) is 4. The minimum atomic E-state index is -0.0514. The number of hydrogen-bond donors (Lipinski definition) is 0. The van der Waals surface area contributed by atoms with Gasteiger partial charge in [0.1, 0.15) is 5.75 Å². The molecule has 2 aliphatic heterocycles. The van der Waals surface area contributed by atoms with Crippen molar-refractivity contribution >= 4 is 11.6 Å². The smallest absolute Gasteiger partial charge is 0.257 e. The molecule has 0 saturated carbocycles. The maximum Gasteiger partial charge on any atom is 0.257 e. The zero-order valence-electron chi connectivity index (χ0n) is 17.3. The number of carbonyl (C=O) groups excluding carboxylic acids is 1. The van der Waals surface area contributed by atoms with Crippen molar-refractivity contribution in [1.29, 1.82) is 0 Å². The van der Waals surface area contributed by atoms with Crippen molar-refractivity contribution in [3.8, 4) is 5.75 Å². The number of benzene rings is 2. The number of methoxy groups -OCH3 is 1. The Morgan fingerprint density at radius 2 is 1.76 bits per heavy atom. The Hall–Kier alpha value is -2.66. The van der Waals surface area contributed by atoms with Gasteiger partial charge < -0.3 is 4.74 Å². The van der Waals surface area contributed by atoms with Crippen LogP contribution in [0, 0.1) is 5.92 Å². The third kappa shape index (κ3) is 4.51. The lowest BCUT2D eigenvalue weighted by molar-refractivity contribution is -0.134. The standard InChI is InChI=1S/C24H29N3O2/c1-18-12-14-26(15-13-18)17-24(28)27-23(20-6-4-3-5-7-20)16-22(25-27)19-8-10-21(29-2)11-9-19/h3-11,18,23H,12-17H2,1-2H3. The van der Waals surface area contributed by atoms with Crippen molar-refractivity contribution in [2.45, 2.75) is 32.2 Å². The van der Waals surface area contributed by atoms with E-state index in [2.05, 4.69) is 24.0 Å². The van der Waals surface area contributed by atoms with E-state index in [1.807, 2.05) is 42.5 Å². The van der Waals surface area contributed by atoms with Crippen LogP contribution < -0.4 is 4.74 Å². The number of nitrogens with zero attached hydrogens (tertiary/aromatic N) is 3. The minimum Gasteiger partial charge on any atom is -0.497 e. The van der Waals surface area contributed by atoms with Crippen LogP contribution >= 0.6 is 0 Å². The number of ether oxygens (including phenoxy) is 1. The van der Waals surface area contributed by atoms with Crippen LogP contribution in [0.4, 0.5) is 0 Å². The number of piperidine rings is 1. The SMILES string of the molecule is COc1ccc(C2=NN(C(=O)CN3CCC(C)CC3)C(c3ccccc3)C2)cc1. The van der Waals surface area contributed by atoms with Crippen LogP contribution in [-0.4, -0.2) is 48.3 Å². The molecular weight excluding hydrogens is 362 g/mol. The van der Waals surface area contributed by atoms with E-state index in [4.69, 9.17) is 9.84 Å². The van der Waals surface area contributed by atoms with Crippen LogP contribution in [0.5, 0.6) is 5.75 Å². The van der Waals surface area contributed by atoms with E-state index in [0.717, 1.165) is 60.9 Å². The van der Waals surface area contributed by atoms with Crippen LogP contribution in [0.25, 0.3) is 0 Å². The molecule has 4 rings (SSSR count). The zero-order valence-corrected chi connectivity index (χ0v) is 17.3. The molecule has 0 aromatic heterocycles. The first-order valence-corrected chi connectivity index (χ1v) is 10.5. The van der Waals surface area contributed by atoms with Crippen LogP contribution in [0.3, 0.4) is 0 Å². The van der Waals surface area contributed by atoms with Gasteiger partial charge in [0.15, 0.2) is 0 Å². The lowest BCUT2D eigenvalue weighted by atomic mass is 9.98. The summed E-state index contributed by atoms with van der Waals surface area (Å²) in [5, 5.41) is 6.50. The summed E-state index contributed by atoms with van der Waals surface area (Å²) in [6, 6.07) is 18.1. The molecule has 1 fully saturated rings. The third-order valence-corrected chi connectivity index (χ3v) is 6.01. The van der Waals surface area contributed by atoms with Crippen molar-refractivity contribution in [3.05, 3.63) is 65.7 Å². The maximum absolute atomic E-state index is 13.2. The lowest BCUT2D eigenvalue weighted by Crippen LogP contribution is -2.41. The first kappa shape index (κ1) is 19.6. The second-order valence-corrected chi connectivity index (χ2v) is 8.10. The van der Waals surface area contributed by atoms with Gasteiger partial charge in [0.25, 0.3) is 5.91 Å². The molecule has 1 unspecified atom stereocenters. The van der Waals surface area contributed by atoms with E-state index in [9.17, 15) is 4.79 Å². The Kier molecular flexibility index (Phi) is 5.95. The predicted octanol–water partition coefficient (Wildman–Crippen LogP) is 4.10. The van der Waals surface area contributed by atoms with E-state index in [1.165, 1.54) is 0 Å². The summed E-state index contributed by atoms with van der Waals surface area (Å²) in [5.41, 5.74) is 3.11. The number of rotatable bonds is 5. The largest absolute Gasteiger partial charge is 0.497 e. The van der Waals surface area contributed by atoms with E-state index >= 15 is 0 Å². The Morgan fingerprint density at radius 3 is 2.41 bits per heavy atom. The lowest BCUT2D eigenvalue weighted by Gasteiger charge is -2.31. The molecule has 5 heteroatoms. The average Bonchev–Trinajstić information content (AvgIpc) is 3.22. The van der Waals surface area contributed by atoms with Crippen molar-refractivity contribution in [2.75, 3.05) is 26.7 Å². The molecule has 1 atom stereocenters. The fraction of sp³-hybridized carbons (Fsp3) is 0.417. The Balaban J connectivity index is 1.55. The van der Waals surface area contributed by atoms with Gasteiger partial charge in [-0.25, -0.2) is 5.01 Å². The second kappa shape index (κ2) is 8.78. The molecule has 0 N–H and O–H groups in total. The molecule has 0 radical (unpaired) electrons. The van der Waals surface area contributed by atoms with Crippen LogP contribution in [0.15, 0.2) is 59.7 Å². The zero-order chi connectivity index (χ0) is 20.2. The molecule has 152 valence electrons. The van der Waals surface area contributed by atoms with Crippen molar-refractivity contribution in [3.63, 3.8) is 0 Å². The summed E-state index contributed by atoms with van der Waals surface area (Å²) in [6.07, 6.45) is 3.05. The monoisotopic (exact) mass is 391 g/mol. The number of hydrazone groups is 1. The maximum atomic E-state index is 13.2. The quantitative estimate of drug-likeness (QED) is 0.771. The van der Waals surface area contributed by atoms with Gasteiger partial charge in [0.2, 0.25) is 0 Å². The van der Waals surface area contributed by atoms with Gasteiger partial charge in [-0.05, 0) is 67.2 Å². The topological polar surface area (TPSA) is 45.1 Å². The van der Waals surface area contributed by atoms with Gasteiger partial charge in [-0.1, -0.05) is 37.3 Å². The highest BCUT2D eigenvalue weighted by Gasteiger charge is 2.34. The summed E-state index contributed by atoms with van der Waals surface area (Å²) in [5.74, 6) is 1.65. The van der Waals surface area contributed by atoms with E-state index in [-0.39, 0.29) is 11.9 Å². The van der Waals surface area contributed by atoms with Gasteiger partial charge in [0, 0.05) is 6.42 Å². The third-order valence-electron chi connectivity index (χ3n) is 6.01. The Labute approximate surface area is 173 Å². The van der Waals surface area contributed by atoms with Crippen molar-refractivity contribution in [1.82, 2.24) is 9.91 Å². The molecule has 2 aromatic carbocycles. The predicted molar refractivity (Wildman–Crippen MR) is 115 cm³/mol. The number of likely N-dealkylation sites (tertiary alicyclic amines) is 1. The molecule has 5 nitrogen and oxygen atoms in total. The van der Waals surface area contributed by atoms with E-state index in [1.54, 1.807) is 12.1 Å². The van der Waals surface area contributed by atoms with Gasteiger partial charge in [-0.15, -0.1) is 0 Å². The molecule has 2 heterocycles. The molecular formula is C24H29N3O2. The van der Waals surface area contributed by atoms with Gasteiger partial charge >= 0.3 is 0 Å². The summed E-state index contributed by atoms with van der Waals surface area (Å²) in [7, 11) is 1.66. The van der Waals surface area contributed by atoms with Crippen molar-refractivity contribution < 1.29 is 9.53 Å².